The molecule has 0 aliphatic heterocycles. The van der Waals surface area contributed by atoms with Gasteiger partial charge in [-0.25, -0.2) is 8.42 Å². The lowest BCUT2D eigenvalue weighted by atomic mass is 10.1. The van der Waals surface area contributed by atoms with Crippen molar-refractivity contribution in [2.24, 2.45) is 0 Å². The fraction of sp³-hybridized carbons (Fsp3) is 0.350. The maximum Gasteiger partial charge on any atom is 0.251 e. The Labute approximate surface area is 156 Å². The third-order valence-corrected chi connectivity index (χ3v) is 5.23. The van der Waals surface area contributed by atoms with E-state index in [-0.39, 0.29) is 18.5 Å². The first-order valence-electron chi connectivity index (χ1n) is 8.74. The summed E-state index contributed by atoms with van der Waals surface area (Å²) < 4.78 is 25.7. The molecule has 2 aromatic carbocycles. The van der Waals surface area contributed by atoms with Gasteiger partial charge >= 0.3 is 0 Å². The van der Waals surface area contributed by atoms with E-state index in [1.807, 2.05) is 13.0 Å². The van der Waals surface area contributed by atoms with Gasteiger partial charge in [-0.15, -0.1) is 0 Å². The molecule has 26 heavy (non-hydrogen) atoms. The normalized spacial score (nSPS) is 12.4. The van der Waals surface area contributed by atoms with Crippen LogP contribution < -0.4 is 9.62 Å². The van der Waals surface area contributed by atoms with E-state index in [1.165, 1.54) is 10.6 Å². The highest BCUT2D eigenvalue weighted by atomic mass is 32.2. The summed E-state index contributed by atoms with van der Waals surface area (Å²) in [5, 5.41) is 2.96. The standard InChI is InChI=1S/C20H26N2O3S/c1-4-8-16(2)21-20(23)18-13-11-17(12-14-18)15-22(26(3,24)25)19-9-6-5-7-10-19/h5-7,9-14,16H,4,8,15H2,1-3H3,(H,21,23)/t16-/m0/s1. The molecule has 0 heterocycles. The van der Waals surface area contributed by atoms with Gasteiger partial charge in [-0.3, -0.25) is 9.10 Å². The number of nitrogens with zero attached hydrogens (tertiary/aromatic N) is 1. The van der Waals surface area contributed by atoms with Gasteiger partial charge in [0.05, 0.1) is 18.5 Å². The molecule has 0 unspecified atom stereocenters. The van der Waals surface area contributed by atoms with E-state index in [1.54, 1.807) is 48.5 Å². The minimum absolute atomic E-state index is 0.111. The van der Waals surface area contributed by atoms with E-state index in [0.29, 0.717) is 11.3 Å². The number of nitrogens with one attached hydrogen (secondary N) is 1. The number of sulfonamides is 1. The van der Waals surface area contributed by atoms with Crippen LogP contribution in [0.4, 0.5) is 5.69 Å². The maximum atomic E-state index is 12.2. The zero-order chi connectivity index (χ0) is 19.2. The highest BCUT2D eigenvalue weighted by molar-refractivity contribution is 7.92. The number of para-hydroxylation sites is 1. The molecule has 0 saturated heterocycles. The Balaban J connectivity index is 2.13. The second-order valence-electron chi connectivity index (χ2n) is 6.47. The van der Waals surface area contributed by atoms with Crippen LogP contribution in [-0.2, 0) is 16.6 Å². The number of carbonyl (C=O) groups is 1. The van der Waals surface area contributed by atoms with Crippen LogP contribution in [0, 0.1) is 0 Å². The SMILES string of the molecule is CCC[C@H](C)NC(=O)c1ccc(CN(c2ccccc2)S(C)(=O)=O)cc1. The smallest absolute Gasteiger partial charge is 0.251 e. The van der Waals surface area contributed by atoms with Crippen LogP contribution in [0.1, 0.15) is 42.6 Å². The summed E-state index contributed by atoms with van der Waals surface area (Å²) in [6, 6.07) is 16.2. The van der Waals surface area contributed by atoms with Gasteiger partial charge in [0.25, 0.3) is 5.91 Å². The van der Waals surface area contributed by atoms with Crippen LogP contribution in [0.3, 0.4) is 0 Å². The van der Waals surface area contributed by atoms with E-state index in [0.717, 1.165) is 18.4 Å². The number of amides is 1. The summed E-state index contributed by atoms with van der Waals surface area (Å²) in [6.07, 6.45) is 3.14. The highest BCUT2D eigenvalue weighted by Gasteiger charge is 2.18. The third-order valence-electron chi connectivity index (χ3n) is 4.09. The average Bonchev–Trinajstić information content (AvgIpc) is 2.60. The molecule has 0 aliphatic carbocycles. The van der Waals surface area contributed by atoms with Crippen molar-refractivity contribution in [2.45, 2.75) is 39.3 Å². The fourth-order valence-corrected chi connectivity index (χ4v) is 3.62. The maximum absolute atomic E-state index is 12.2. The molecule has 0 radical (unpaired) electrons. The van der Waals surface area contributed by atoms with Crippen LogP contribution in [-0.4, -0.2) is 26.6 Å². The molecular formula is C20H26N2O3S. The Morgan fingerprint density at radius 3 is 2.23 bits per heavy atom. The van der Waals surface area contributed by atoms with Crippen molar-refractivity contribution in [3.63, 3.8) is 0 Å². The lowest BCUT2D eigenvalue weighted by molar-refractivity contribution is 0.0938. The second kappa shape index (κ2) is 8.85. The van der Waals surface area contributed by atoms with Gasteiger partial charge in [0, 0.05) is 11.6 Å². The first-order chi connectivity index (χ1) is 12.3. The monoisotopic (exact) mass is 374 g/mol. The zero-order valence-electron chi connectivity index (χ0n) is 15.5. The van der Waals surface area contributed by atoms with Gasteiger partial charge < -0.3 is 5.32 Å². The Hall–Kier alpha value is -2.34. The van der Waals surface area contributed by atoms with Crippen LogP contribution in [0.25, 0.3) is 0 Å². The van der Waals surface area contributed by atoms with Gasteiger partial charge in [0.1, 0.15) is 0 Å². The number of hydrogen-bond acceptors (Lipinski definition) is 3. The molecule has 1 amide bonds. The van der Waals surface area contributed by atoms with E-state index in [2.05, 4.69) is 12.2 Å². The first-order valence-corrected chi connectivity index (χ1v) is 10.6. The summed E-state index contributed by atoms with van der Waals surface area (Å²) in [5.41, 5.74) is 2.00. The Kier molecular flexibility index (Phi) is 6.80. The first kappa shape index (κ1) is 20.0. The molecule has 2 rings (SSSR count). The van der Waals surface area contributed by atoms with Crippen LogP contribution >= 0.6 is 0 Å². The van der Waals surface area contributed by atoms with E-state index in [4.69, 9.17) is 0 Å². The Bertz CT molecular complexity index is 818. The van der Waals surface area contributed by atoms with Crippen LogP contribution in [0.5, 0.6) is 0 Å². The van der Waals surface area contributed by atoms with E-state index >= 15 is 0 Å². The topological polar surface area (TPSA) is 66.5 Å². The lowest BCUT2D eigenvalue weighted by Gasteiger charge is -2.22. The van der Waals surface area contributed by atoms with E-state index < -0.39 is 10.0 Å². The molecule has 0 saturated carbocycles. The van der Waals surface area contributed by atoms with Crippen molar-refractivity contribution in [2.75, 3.05) is 10.6 Å². The van der Waals surface area contributed by atoms with Crippen molar-refractivity contribution >= 4 is 21.6 Å². The third kappa shape index (κ3) is 5.59. The van der Waals surface area contributed by atoms with Crippen molar-refractivity contribution in [1.82, 2.24) is 5.32 Å². The number of hydrogen-bond donors (Lipinski definition) is 1. The molecular weight excluding hydrogens is 348 g/mol. The number of rotatable bonds is 8. The molecule has 5 nitrogen and oxygen atoms in total. The molecule has 1 N–H and O–H groups in total. The molecule has 0 spiro atoms. The molecule has 0 bridgehead atoms. The summed E-state index contributed by atoms with van der Waals surface area (Å²) in [7, 11) is -3.41. The van der Waals surface area contributed by atoms with Gasteiger partial charge in [0.2, 0.25) is 10.0 Å². The second-order valence-corrected chi connectivity index (χ2v) is 8.37. The van der Waals surface area contributed by atoms with Gasteiger partial charge in [-0.1, -0.05) is 43.7 Å². The van der Waals surface area contributed by atoms with Crippen molar-refractivity contribution in [1.29, 1.82) is 0 Å². The summed E-state index contributed by atoms with van der Waals surface area (Å²) in [4.78, 5) is 12.2. The van der Waals surface area contributed by atoms with E-state index in [9.17, 15) is 13.2 Å². The molecule has 2 aromatic rings. The Morgan fingerprint density at radius 1 is 1.08 bits per heavy atom. The largest absolute Gasteiger partial charge is 0.350 e. The number of carbonyl (C=O) groups excluding carboxylic acids is 1. The Morgan fingerprint density at radius 2 is 1.69 bits per heavy atom. The van der Waals surface area contributed by atoms with Crippen LogP contribution in [0.15, 0.2) is 54.6 Å². The molecule has 140 valence electrons. The summed E-state index contributed by atoms with van der Waals surface area (Å²) in [5.74, 6) is -0.111. The number of anilines is 1. The van der Waals surface area contributed by atoms with Crippen molar-refractivity contribution < 1.29 is 13.2 Å². The predicted octanol–water partition coefficient (Wildman–Crippen LogP) is 3.57. The van der Waals surface area contributed by atoms with Gasteiger partial charge in [-0.05, 0) is 43.2 Å². The average molecular weight is 375 g/mol. The van der Waals surface area contributed by atoms with Gasteiger partial charge in [0.15, 0.2) is 0 Å². The molecule has 6 heteroatoms. The molecule has 0 aliphatic rings. The highest BCUT2D eigenvalue weighted by Crippen LogP contribution is 2.20. The minimum atomic E-state index is -3.41. The van der Waals surface area contributed by atoms with Crippen molar-refractivity contribution in [3.05, 3.63) is 65.7 Å². The predicted molar refractivity (Wildman–Crippen MR) is 106 cm³/mol. The van der Waals surface area contributed by atoms with Crippen molar-refractivity contribution in [3.8, 4) is 0 Å². The quantitative estimate of drug-likeness (QED) is 0.768. The van der Waals surface area contributed by atoms with Crippen LogP contribution in [0.2, 0.25) is 0 Å². The molecule has 1 atom stereocenters. The zero-order valence-corrected chi connectivity index (χ0v) is 16.3. The molecule has 0 aromatic heterocycles. The lowest BCUT2D eigenvalue weighted by Crippen LogP contribution is -2.32. The minimum Gasteiger partial charge on any atom is -0.350 e. The fourth-order valence-electron chi connectivity index (χ4n) is 2.73. The van der Waals surface area contributed by atoms with Gasteiger partial charge in [-0.2, -0.15) is 0 Å². The summed E-state index contributed by atoms with van der Waals surface area (Å²) >= 11 is 0. The molecule has 0 fully saturated rings. The summed E-state index contributed by atoms with van der Waals surface area (Å²) in [6.45, 7) is 4.29. The number of benzene rings is 2.